The molecule has 96 valence electrons. The number of aryl methyl sites for hydroxylation is 2. The van der Waals surface area contributed by atoms with Crippen LogP contribution in [0.4, 0.5) is 0 Å². The van der Waals surface area contributed by atoms with Gasteiger partial charge in [0.15, 0.2) is 0 Å². The van der Waals surface area contributed by atoms with Gasteiger partial charge in [0.05, 0.1) is 10.7 Å². The zero-order valence-corrected chi connectivity index (χ0v) is 12.1. The van der Waals surface area contributed by atoms with Gasteiger partial charge in [-0.1, -0.05) is 19.8 Å². The lowest BCUT2D eigenvalue weighted by molar-refractivity contribution is 0.268. The first-order valence-electron chi connectivity index (χ1n) is 6.79. The van der Waals surface area contributed by atoms with E-state index in [4.69, 9.17) is 0 Å². The fourth-order valence-corrected chi connectivity index (χ4v) is 3.87. The van der Waals surface area contributed by atoms with E-state index in [1.807, 2.05) is 11.3 Å². The van der Waals surface area contributed by atoms with Gasteiger partial charge in [0, 0.05) is 18.0 Å². The molecule has 0 aromatic carbocycles. The molecule has 1 saturated carbocycles. The highest BCUT2D eigenvalue weighted by Crippen LogP contribution is 2.40. The Balaban J connectivity index is 1.84. The quantitative estimate of drug-likeness (QED) is 0.861. The van der Waals surface area contributed by atoms with Crippen LogP contribution in [0.25, 0.3) is 0 Å². The Bertz CT molecular complexity index is 364. The number of hydrogen-bond donors (Lipinski definition) is 1. The Morgan fingerprint density at radius 1 is 1.29 bits per heavy atom. The van der Waals surface area contributed by atoms with E-state index < -0.39 is 0 Å². The van der Waals surface area contributed by atoms with Crippen molar-refractivity contribution in [2.45, 2.75) is 59.4 Å². The van der Waals surface area contributed by atoms with Crippen LogP contribution < -0.4 is 5.32 Å². The molecule has 1 aliphatic rings. The van der Waals surface area contributed by atoms with Crippen molar-refractivity contribution in [2.24, 2.45) is 5.41 Å². The van der Waals surface area contributed by atoms with Crippen molar-refractivity contribution in [3.63, 3.8) is 0 Å². The Labute approximate surface area is 109 Å². The molecule has 1 N–H and O–H groups in total. The third kappa shape index (κ3) is 3.08. The smallest absolute Gasteiger partial charge is 0.0900 e. The molecule has 0 saturated heterocycles. The number of nitrogens with zero attached hydrogens (tertiary/aromatic N) is 1. The predicted molar refractivity (Wildman–Crippen MR) is 74.5 cm³/mol. The first-order valence-corrected chi connectivity index (χ1v) is 7.60. The summed E-state index contributed by atoms with van der Waals surface area (Å²) in [6.45, 7) is 8.73. The summed E-state index contributed by atoms with van der Waals surface area (Å²) in [5.74, 6) is 0. The second kappa shape index (κ2) is 5.49. The molecule has 2 nitrogen and oxygen atoms in total. The molecule has 1 aromatic rings. The molecule has 0 unspecified atom stereocenters. The summed E-state index contributed by atoms with van der Waals surface area (Å²) in [5.41, 5.74) is 1.80. The standard InChI is InChI=1S/C14H24N2S/c1-4-14(7-5-6-8-14)10-15-9-13-11(2)16-12(3)17-13/h15H,4-10H2,1-3H3. The predicted octanol–water partition coefficient (Wildman–Crippen LogP) is 3.82. The van der Waals surface area contributed by atoms with E-state index in [-0.39, 0.29) is 0 Å². The highest BCUT2D eigenvalue weighted by molar-refractivity contribution is 7.11. The molecule has 0 aliphatic heterocycles. The first kappa shape index (κ1) is 13.0. The third-order valence-electron chi connectivity index (χ3n) is 4.20. The lowest BCUT2D eigenvalue weighted by Gasteiger charge is -2.27. The van der Waals surface area contributed by atoms with E-state index in [2.05, 4.69) is 31.1 Å². The molecule has 0 radical (unpaired) electrons. The van der Waals surface area contributed by atoms with Crippen molar-refractivity contribution in [3.8, 4) is 0 Å². The Morgan fingerprint density at radius 2 is 2.00 bits per heavy atom. The van der Waals surface area contributed by atoms with Gasteiger partial charge in [-0.25, -0.2) is 4.98 Å². The molecule has 1 heterocycles. The Hall–Kier alpha value is -0.410. The van der Waals surface area contributed by atoms with Crippen molar-refractivity contribution in [3.05, 3.63) is 15.6 Å². The van der Waals surface area contributed by atoms with Gasteiger partial charge >= 0.3 is 0 Å². The monoisotopic (exact) mass is 252 g/mol. The molecular weight excluding hydrogens is 228 g/mol. The summed E-state index contributed by atoms with van der Waals surface area (Å²) in [6.07, 6.45) is 7.00. The fourth-order valence-electron chi connectivity index (χ4n) is 2.96. The molecule has 0 amide bonds. The summed E-state index contributed by atoms with van der Waals surface area (Å²) >= 11 is 1.83. The van der Waals surface area contributed by atoms with Crippen molar-refractivity contribution < 1.29 is 0 Å². The van der Waals surface area contributed by atoms with Crippen LogP contribution in [0.5, 0.6) is 0 Å². The van der Waals surface area contributed by atoms with E-state index in [9.17, 15) is 0 Å². The van der Waals surface area contributed by atoms with Crippen LogP contribution in [0.1, 0.15) is 54.6 Å². The SMILES string of the molecule is CCC1(CNCc2sc(C)nc2C)CCCC1. The van der Waals surface area contributed by atoms with Crippen molar-refractivity contribution in [2.75, 3.05) is 6.54 Å². The van der Waals surface area contributed by atoms with Crippen LogP contribution in [0.2, 0.25) is 0 Å². The van der Waals surface area contributed by atoms with E-state index in [0.717, 1.165) is 6.54 Å². The van der Waals surface area contributed by atoms with Crippen molar-refractivity contribution >= 4 is 11.3 Å². The van der Waals surface area contributed by atoms with Crippen LogP contribution in [-0.4, -0.2) is 11.5 Å². The minimum atomic E-state index is 0.591. The van der Waals surface area contributed by atoms with Crippen molar-refractivity contribution in [1.82, 2.24) is 10.3 Å². The Morgan fingerprint density at radius 3 is 2.53 bits per heavy atom. The van der Waals surface area contributed by atoms with Gasteiger partial charge in [-0.3, -0.25) is 0 Å². The highest BCUT2D eigenvalue weighted by Gasteiger charge is 2.31. The van der Waals surface area contributed by atoms with Gasteiger partial charge in [-0.15, -0.1) is 11.3 Å². The molecule has 17 heavy (non-hydrogen) atoms. The van der Waals surface area contributed by atoms with Crippen LogP contribution in [0, 0.1) is 19.3 Å². The number of nitrogens with one attached hydrogen (secondary N) is 1. The van der Waals surface area contributed by atoms with E-state index in [0.29, 0.717) is 5.41 Å². The summed E-state index contributed by atoms with van der Waals surface area (Å²) in [5, 5.41) is 4.85. The van der Waals surface area contributed by atoms with Gasteiger partial charge in [-0.05, 0) is 38.5 Å². The average Bonchev–Trinajstić information content (AvgIpc) is 2.88. The molecule has 3 heteroatoms. The molecule has 0 spiro atoms. The van der Waals surface area contributed by atoms with Crippen LogP contribution in [0.3, 0.4) is 0 Å². The van der Waals surface area contributed by atoms with Gasteiger partial charge in [-0.2, -0.15) is 0 Å². The molecule has 1 aliphatic carbocycles. The lowest BCUT2D eigenvalue weighted by Crippen LogP contribution is -2.31. The summed E-state index contributed by atoms with van der Waals surface area (Å²) < 4.78 is 0. The Kier molecular flexibility index (Phi) is 4.21. The van der Waals surface area contributed by atoms with Crippen LogP contribution >= 0.6 is 11.3 Å². The maximum atomic E-state index is 4.48. The fraction of sp³-hybridized carbons (Fsp3) is 0.786. The number of rotatable bonds is 5. The minimum Gasteiger partial charge on any atom is -0.311 e. The van der Waals surface area contributed by atoms with Gasteiger partial charge < -0.3 is 5.32 Å². The molecule has 1 aromatic heterocycles. The average molecular weight is 252 g/mol. The zero-order valence-electron chi connectivity index (χ0n) is 11.3. The molecule has 0 atom stereocenters. The van der Waals surface area contributed by atoms with E-state index in [1.54, 1.807) is 0 Å². The summed E-state index contributed by atoms with van der Waals surface area (Å²) in [7, 11) is 0. The molecular formula is C14H24N2S. The molecule has 2 rings (SSSR count). The van der Waals surface area contributed by atoms with Gasteiger partial charge in [0.2, 0.25) is 0 Å². The van der Waals surface area contributed by atoms with Gasteiger partial charge in [0.1, 0.15) is 0 Å². The zero-order chi connectivity index (χ0) is 12.3. The molecule has 0 bridgehead atoms. The number of hydrogen-bond acceptors (Lipinski definition) is 3. The van der Waals surface area contributed by atoms with E-state index >= 15 is 0 Å². The minimum absolute atomic E-state index is 0.591. The molecule has 1 fully saturated rings. The van der Waals surface area contributed by atoms with Crippen LogP contribution in [0.15, 0.2) is 0 Å². The topological polar surface area (TPSA) is 24.9 Å². The van der Waals surface area contributed by atoms with Gasteiger partial charge in [0.25, 0.3) is 0 Å². The normalized spacial score (nSPS) is 18.8. The second-order valence-electron chi connectivity index (χ2n) is 5.41. The third-order valence-corrected chi connectivity index (χ3v) is 5.27. The van der Waals surface area contributed by atoms with Crippen LogP contribution in [-0.2, 0) is 6.54 Å². The largest absolute Gasteiger partial charge is 0.311 e. The highest BCUT2D eigenvalue weighted by atomic mass is 32.1. The second-order valence-corrected chi connectivity index (χ2v) is 6.69. The number of aromatic nitrogens is 1. The first-order chi connectivity index (χ1) is 8.15. The lowest BCUT2D eigenvalue weighted by atomic mass is 9.83. The summed E-state index contributed by atoms with van der Waals surface area (Å²) in [6, 6.07) is 0. The summed E-state index contributed by atoms with van der Waals surface area (Å²) in [4.78, 5) is 5.89. The maximum Gasteiger partial charge on any atom is 0.0900 e. The van der Waals surface area contributed by atoms with E-state index in [1.165, 1.54) is 54.2 Å². The van der Waals surface area contributed by atoms with Crippen molar-refractivity contribution in [1.29, 1.82) is 0 Å². The number of thiazole rings is 1. The maximum absolute atomic E-state index is 4.48.